The van der Waals surface area contributed by atoms with Crippen molar-refractivity contribution >= 4 is 5.69 Å². The van der Waals surface area contributed by atoms with Gasteiger partial charge in [0.15, 0.2) is 0 Å². The summed E-state index contributed by atoms with van der Waals surface area (Å²) in [4.78, 5) is 4.34. The normalized spacial score (nSPS) is 9.61. The van der Waals surface area contributed by atoms with Gasteiger partial charge in [-0.1, -0.05) is 26.0 Å². The number of nitriles is 2. The standard InChI is InChI=1S/C23H20N4O2.C2H6/c1-16-23(29-15-19-4-2-17(10-24)3-5-19)22(20(14-28)12-26-16)13-27-21-8-6-18(11-25)7-9-21;1-2/h2-9,12,27-28H,13-15H2,1H3;1-2H3. The summed E-state index contributed by atoms with van der Waals surface area (Å²) in [5.74, 6) is 0.627. The second kappa shape index (κ2) is 12.0. The molecule has 6 heteroatoms. The quantitative estimate of drug-likeness (QED) is 0.573. The summed E-state index contributed by atoms with van der Waals surface area (Å²) < 4.78 is 6.06. The average Bonchev–Trinajstić information content (AvgIpc) is 2.84. The first-order chi connectivity index (χ1) is 15.1. The Labute approximate surface area is 183 Å². The lowest BCUT2D eigenvalue weighted by Crippen LogP contribution is -2.09. The van der Waals surface area contributed by atoms with Gasteiger partial charge in [-0.05, 0) is 48.9 Å². The van der Waals surface area contributed by atoms with Crippen molar-refractivity contribution in [1.29, 1.82) is 10.5 Å². The van der Waals surface area contributed by atoms with E-state index >= 15 is 0 Å². The highest BCUT2D eigenvalue weighted by molar-refractivity contribution is 5.50. The lowest BCUT2D eigenvalue weighted by molar-refractivity contribution is 0.273. The Balaban J connectivity index is 0.00000166. The van der Waals surface area contributed by atoms with Crippen molar-refractivity contribution in [1.82, 2.24) is 4.98 Å². The first kappa shape index (κ1) is 23.4. The molecule has 6 nitrogen and oxygen atoms in total. The second-order valence-electron chi connectivity index (χ2n) is 6.47. The van der Waals surface area contributed by atoms with Crippen LogP contribution in [0.4, 0.5) is 5.69 Å². The minimum Gasteiger partial charge on any atom is -0.487 e. The van der Waals surface area contributed by atoms with Gasteiger partial charge in [0.2, 0.25) is 0 Å². The van der Waals surface area contributed by atoms with E-state index in [2.05, 4.69) is 22.4 Å². The maximum atomic E-state index is 9.75. The Bertz CT molecular complexity index is 1060. The molecular weight excluding hydrogens is 388 g/mol. The number of aryl methyl sites for hydroxylation is 1. The fourth-order valence-electron chi connectivity index (χ4n) is 2.88. The largest absolute Gasteiger partial charge is 0.487 e. The molecule has 0 aliphatic rings. The summed E-state index contributed by atoms with van der Waals surface area (Å²) in [6, 6.07) is 18.6. The van der Waals surface area contributed by atoms with E-state index in [4.69, 9.17) is 15.3 Å². The number of nitrogens with zero attached hydrogens (tertiary/aromatic N) is 3. The van der Waals surface area contributed by atoms with Gasteiger partial charge < -0.3 is 15.2 Å². The summed E-state index contributed by atoms with van der Waals surface area (Å²) in [6.07, 6.45) is 1.65. The Kier molecular flexibility index (Phi) is 9.04. The molecule has 0 atom stereocenters. The van der Waals surface area contributed by atoms with Crippen molar-refractivity contribution in [3.05, 3.63) is 88.2 Å². The van der Waals surface area contributed by atoms with Gasteiger partial charge in [-0.25, -0.2) is 0 Å². The van der Waals surface area contributed by atoms with Crippen LogP contribution in [0, 0.1) is 29.6 Å². The van der Waals surface area contributed by atoms with Crippen molar-refractivity contribution in [2.45, 2.75) is 40.5 Å². The molecule has 1 heterocycles. The molecule has 2 N–H and O–H groups in total. The number of aliphatic hydroxyl groups excluding tert-OH is 1. The van der Waals surface area contributed by atoms with Gasteiger partial charge in [0.25, 0.3) is 0 Å². The Morgan fingerprint density at radius 3 is 2.10 bits per heavy atom. The van der Waals surface area contributed by atoms with Crippen LogP contribution in [-0.4, -0.2) is 10.1 Å². The molecule has 3 rings (SSSR count). The number of rotatable bonds is 7. The summed E-state index contributed by atoms with van der Waals surface area (Å²) >= 11 is 0. The maximum absolute atomic E-state index is 9.75. The van der Waals surface area contributed by atoms with E-state index in [1.807, 2.05) is 45.0 Å². The third kappa shape index (κ3) is 6.30. The number of nitrogens with one attached hydrogen (secondary N) is 1. The van der Waals surface area contributed by atoms with Crippen molar-refractivity contribution in [3.8, 4) is 17.9 Å². The predicted octanol–water partition coefficient (Wildman–Crippen LogP) is 4.84. The Morgan fingerprint density at radius 1 is 0.968 bits per heavy atom. The number of hydrogen-bond acceptors (Lipinski definition) is 6. The lowest BCUT2D eigenvalue weighted by Gasteiger charge is -2.18. The second-order valence-corrected chi connectivity index (χ2v) is 6.47. The smallest absolute Gasteiger partial charge is 0.146 e. The van der Waals surface area contributed by atoms with Crippen LogP contribution in [0.5, 0.6) is 5.75 Å². The summed E-state index contributed by atoms with van der Waals surface area (Å²) in [7, 11) is 0. The molecule has 0 radical (unpaired) electrons. The van der Waals surface area contributed by atoms with Gasteiger partial charge in [0, 0.05) is 29.6 Å². The number of aromatic nitrogens is 1. The summed E-state index contributed by atoms with van der Waals surface area (Å²) in [5.41, 5.74) is 5.24. The fourth-order valence-corrected chi connectivity index (χ4v) is 2.88. The third-order valence-electron chi connectivity index (χ3n) is 4.52. The van der Waals surface area contributed by atoms with Crippen LogP contribution in [0.1, 0.15) is 47.4 Å². The van der Waals surface area contributed by atoms with E-state index in [1.165, 1.54) is 0 Å². The number of benzene rings is 2. The molecule has 0 aliphatic carbocycles. The van der Waals surface area contributed by atoms with E-state index in [0.717, 1.165) is 22.5 Å². The molecule has 0 saturated carbocycles. The molecule has 0 bridgehead atoms. The van der Waals surface area contributed by atoms with E-state index in [1.54, 1.807) is 30.5 Å². The van der Waals surface area contributed by atoms with E-state index in [0.29, 0.717) is 35.6 Å². The zero-order valence-corrected chi connectivity index (χ0v) is 18.0. The maximum Gasteiger partial charge on any atom is 0.146 e. The van der Waals surface area contributed by atoms with Crippen LogP contribution in [0.15, 0.2) is 54.7 Å². The average molecular weight is 415 g/mol. The highest BCUT2D eigenvalue weighted by Gasteiger charge is 2.14. The molecule has 2 aromatic carbocycles. The van der Waals surface area contributed by atoms with Gasteiger partial charge in [-0.15, -0.1) is 0 Å². The monoisotopic (exact) mass is 414 g/mol. The molecule has 0 saturated heterocycles. The first-order valence-electron chi connectivity index (χ1n) is 10.1. The minimum absolute atomic E-state index is 0.148. The van der Waals surface area contributed by atoms with Crippen LogP contribution < -0.4 is 10.1 Å². The van der Waals surface area contributed by atoms with Gasteiger partial charge in [0.05, 0.1) is 35.6 Å². The number of anilines is 1. The van der Waals surface area contributed by atoms with Crippen LogP contribution in [0.3, 0.4) is 0 Å². The Hall–Kier alpha value is -3.87. The van der Waals surface area contributed by atoms with Crippen LogP contribution in [0.25, 0.3) is 0 Å². The van der Waals surface area contributed by atoms with Crippen molar-refractivity contribution in [3.63, 3.8) is 0 Å². The molecule has 1 aromatic heterocycles. The van der Waals surface area contributed by atoms with Crippen LogP contribution >= 0.6 is 0 Å². The molecule has 0 amide bonds. The van der Waals surface area contributed by atoms with E-state index in [9.17, 15) is 5.11 Å². The van der Waals surface area contributed by atoms with Crippen molar-refractivity contribution in [2.24, 2.45) is 0 Å². The van der Waals surface area contributed by atoms with Gasteiger partial charge in [0.1, 0.15) is 12.4 Å². The fraction of sp³-hybridized carbons (Fsp3) is 0.240. The number of hydrogen-bond donors (Lipinski definition) is 2. The van der Waals surface area contributed by atoms with Crippen molar-refractivity contribution in [2.75, 3.05) is 5.32 Å². The predicted molar refractivity (Wildman–Crippen MR) is 120 cm³/mol. The molecule has 31 heavy (non-hydrogen) atoms. The molecule has 0 spiro atoms. The SMILES string of the molecule is CC.Cc1ncc(CO)c(CNc2ccc(C#N)cc2)c1OCc1ccc(C#N)cc1. The van der Waals surface area contributed by atoms with Gasteiger partial charge >= 0.3 is 0 Å². The lowest BCUT2D eigenvalue weighted by atomic mass is 10.1. The molecule has 3 aromatic rings. The summed E-state index contributed by atoms with van der Waals surface area (Å²) in [5, 5.41) is 30.9. The molecule has 0 unspecified atom stereocenters. The van der Waals surface area contributed by atoms with Crippen LogP contribution in [-0.2, 0) is 19.8 Å². The number of ether oxygens (including phenoxy) is 1. The zero-order chi connectivity index (χ0) is 22.6. The highest BCUT2D eigenvalue weighted by atomic mass is 16.5. The van der Waals surface area contributed by atoms with Crippen LogP contribution in [0.2, 0.25) is 0 Å². The van der Waals surface area contributed by atoms with Gasteiger partial charge in [-0.3, -0.25) is 4.98 Å². The Morgan fingerprint density at radius 2 is 1.55 bits per heavy atom. The molecule has 158 valence electrons. The van der Waals surface area contributed by atoms with Crippen molar-refractivity contribution < 1.29 is 9.84 Å². The topological polar surface area (TPSA) is 102 Å². The van der Waals surface area contributed by atoms with Gasteiger partial charge in [-0.2, -0.15) is 10.5 Å². The summed E-state index contributed by atoms with van der Waals surface area (Å²) in [6.45, 7) is 6.48. The van der Waals surface area contributed by atoms with E-state index in [-0.39, 0.29) is 6.61 Å². The molecule has 0 fully saturated rings. The zero-order valence-electron chi connectivity index (χ0n) is 18.0. The third-order valence-corrected chi connectivity index (χ3v) is 4.52. The molecular formula is C25H26N4O2. The number of pyridine rings is 1. The minimum atomic E-state index is -0.148. The van der Waals surface area contributed by atoms with E-state index < -0.39 is 0 Å². The highest BCUT2D eigenvalue weighted by Crippen LogP contribution is 2.27. The first-order valence-corrected chi connectivity index (χ1v) is 10.1. The number of aliphatic hydroxyl groups is 1. The molecule has 0 aliphatic heterocycles.